The molecule has 0 unspecified atom stereocenters. The highest BCUT2D eigenvalue weighted by Crippen LogP contribution is 2.37. The van der Waals surface area contributed by atoms with Crippen LogP contribution in [-0.2, 0) is 24.3 Å². The van der Waals surface area contributed by atoms with Gasteiger partial charge in [0.05, 0.1) is 29.1 Å². The Labute approximate surface area is 189 Å². The summed E-state index contributed by atoms with van der Waals surface area (Å²) < 4.78 is 30.5. The molecule has 0 aliphatic carbocycles. The Bertz CT molecular complexity index is 1350. The van der Waals surface area contributed by atoms with E-state index >= 15 is 0 Å². The lowest BCUT2D eigenvalue weighted by atomic mass is 9.99. The number of carbonyl (C=O) groups is 1. The van der Waals surface area contributed by atoms with Gasteiger partial charge in [-0.3, -0.25) is 9.78 Å². The van der Waals surface area contributed by atoms with Crippen LogP contribution >= 0.6 is 0 Å². The molecule has 3 aromatic heterocycles. The highest BCUT2D eigenvalue weighted by molar-refractivity contribution is 5.96. The van der Waals surface area contributed by atoms with Crippen LogP contribution in [0, 0.1) is 6.92 Å². The van der Waals surface area contributed by atoms with Crippen LogP contribution in [0.4, 0.5) is 8.78 Å². The van der Waals surface area contributed by atoms with Crippen molar-refractivity contribution in [2.24, 2.45) is 0 Å². The Kier molecular flexibility index (Phi) is 5.36. The summed E-state index contributed by atoms with van der Waals surface area (Å²) in [5, 5.41) is 0.614. The molecule has 1 aromatic carbocycles. The van der Waals surface area contributed by atoms with Crippen LogP contribution in [0.25, 0.3) is 33.4 Å². The predicted octanol–water partition coefficient (Wildman–Crippen LogP) is 4.94. The second kappa shape index (κ2) is 8.35. The quantitative estimate of drug-likeness (QED) is 0.407. The molecule has 0 N–H and O–H groups in total. The molecule has 8 heteroatoms. The number of benzene rings is 1. The minimum absolute atomic E-state index is 0.140. The molecule has 4 aromatic rings. The van der Waals surface area contributed by atoms with Crippen molar-refractivity contribution >= 4 is 17.3 Å². The number of hydrogen-bond donors (Lipinski definition) is 0. The van der Waals surface area contributed by atoms with E-state index in [1.807, 2.05) is 32.0 Å². The highest BCUT2D eigenvalue weighted by atomic mass is 19.3. The van der Waals surface area contributed by atoms with Crippen molar-refractivity contribution in [2.75, 3.05) is 6.54 Å². The summed E-state index contributed by atoms with van der Waals surface area (Å²) in [7, 11) is 0. The first-order chi connectivity index (χ1) is 16.0. The number of imidazole rings is 1. The molecule has 4 heterocycles. The van der Waals surface area contributed by atoms with Gasteiger partial charge in [-0.25, -0.2) is 18.7 Å². The normalized spacial score (nSPS) is 13.5. The lowest BCUT2D eigenvalue weighted by Crippen LogP contribution is -2.33. The van der Waals surface area contributed by atoms with Gasteiger partial charge in [-0.05, 0) is 31.2 Å². The number of fused-ring (bicyclic) bond motifs is 2. The number of carbonyl (C=O) groups excluding carboxylic acids is 1. The Morgan fingerprint density at radius 1 is 1.12 bits per heavy atom. The predicted molar refractivity (Wildman–Crippen MR) is 122 cm³/mol. The zero-order valence-electron chi connectivity index (χ0n) is 18.4. The first-order valence-electron chi connectivity index (χ1n) is 10.9. The molecule has 1 aliphatic heterocycles. The van der Waals surface area contributed by atoms with Gasteiger partial charge in [-0.1, -0.05) is 19.1 Å². The fraction of sp³-hybridized carbons (Fsp3) is 0.280. The monoisotopic (exact) mass is 447 g/mol. The summed E-state index contributed by atoms with van der Waals surface area (Å²) in [6.45, 7) is 5.61. The van der Waals surface area contributed by atoms with Crippen LogP contribution < -0.4 is 0 Å². The van der Waals surface area contributed by atoms with E-state index in [-0.39, 0.29) is 11.3 Å². The van der Waals surface area contributed by atoms with Crippen molar-refractivity contribution in [1.29, 1.82) is 0 Å². The first kappa shape index (κ1) is 21.2. The Balaban J connectivity index is 1.73. The standard InChI is InChI=1S/C25H23F2N5O/c1-3-22-30-24(21-13-31(14-33)9-10-32(21)22)17-5-4-6-20-18(17)11-19(25(26)27)23(29-20)16-8-7-15(2)28-12-16/h4-8,11-12,14,25H,3,9-10,13H2,1-2H3. The van der Waals surface area contributed by atoms with Gasteiger partial charge < -0.3 is 9.47 Å². The van der Waals surface area contributed by atoms with Crippen LogP contribution in [0.2, 0.25) is 0 Å². The second-order valence-electron chi connectivity index (χ2n) is 8.19. The maximum Gasteiger partial charge on any atom is 0.265 e. The van der Waals surface area contributed by atoms with Crippen LogP contribution in [0.3, 0.4) is 0 Å². The van der Waals surface area contributed by atoms with Crippen LogP contribution in [-0.4, -0.2) is 37.4 Å². The number of nitrogens with zero attached hydrogens (tertiary/aromatic N) is 5. The van der Waals surface area contributed by atoms with Gasteiger partial charge in [0.15, 0.2) is 0 Å². The molecule has 0 saturated carbocycles. The number of rotatable bonds is 5. The van der Waals surface area contributed by atoms with Gasteiger partial charge in [0.2, 0.25) is 6.41 Å². The summed E-state index contributed by atoms with van der Waals surface area (Å²) in [5.74, 6) is 0.923. The third-order valence-corrected chi connectivity index (χ3v) is 6.14. The molecular formula is C25H23F2N5O. The molecular weight excluding hydrogens is 424 g/mol. The molecule has 1 aliphatic rings. The van der Waals surface area contributed by atoms with Crippen molar-refractivity contribution in [2.45, 2.75) is 39.8 Å². The van der Waals surface area contributed by atoms with Crippen molar-refractivity contribution in [1.82, 2.24) is 24.4 Å². The van der Waals surface area contributed by atoms with Gasteiger partial charge in [0.25, 0.3) is 6.43 Å². The molecule has 1 amide bonds. The fourth-order valence-corrected chi connectivity index (χ4v) is 4.46. The number of aromatic nitrogens is 4. The maximum atomic E-state index is 14.2. The Morgan fingerprint density at radius 3 is 2.67 bits per heavy atom. The average Bonchev–Trinajstić information content (AvgIpc) is 3.21. The average molecular weight is 447 g/mol. The molecule has 0 atom stereocenters. The summed E-state index contributed by atoms with van der Waals surface area (Å²) >= 11 is 0. The largest absolute Gasteiger partial charge is 0.338 e. The van der Waals surface area contributed by atoms with Gasteiger partial charge >= 0.3 is 0 Å². The maximum absolute atomic E-state index is 14.2. The fourth-order valence-electron chi connectivity index (χ4n) is 4.46. The number of pyridine rings is 2. The minimum Gasteiger partial charge on any atom is -0.338 e. The highest BCUT2D eigenvalue weighted by Gasteiger charge is 2.25. The third kappa shape index (κ3) is 3.65. The van der Waals surface area contributed by atoms with E-state index < -0.39 is 6.43 Å². The van der Waals surface area contributed by atoms with Crippen LogP contribution in [0.5, 0.6) is 0 Å². The Morgan fingerprint density at radius 2 is 1.97 bits per heavy atom. The molecule has 0 spiro atoms. The molecule has 5 rings (SSSR count). The van der Waals surface area contributed by atoms with Crippen molar-refractivity contribution < 1.29 is 13.6 Å². The van der Waals surface area contributed by atoms with E-state index in [4.69, 9.17) is 4.98 Å². The molecule has 0 bridgehead atoms. The van der Waals surface area contributed by atoms with E-state index in [1.165, 1.54) is 6.07 Å². The molecule has 0 fully saturated rings. The van der Waals surface area contributed by atoms with E-state index in [2.05, 4.69) is 14.5 Å². The number of halogens is 2. The number of hydrogen-bond acceptors (Lipinski definition) is 4. The van der Waals surface area contributed by atoms with Crippen LogP contribution in [0.1, 0.15) is 36.1 Å². The van der Waals surface area contributed by atoms with E-state index in [0.717, 1.165) is 41.3 Å². The van der Waals surface area contributed by atoms with E-state index in [9.17, 15) is 13.6 Å². The lowest BCUT2D eigenvalue weighted by Gasteiger charge is -2.26. The van der Waals surface area contributed by atoms with Crippen molar-refractivity contribution in [3.05, 3.63) is 65.4 Å². The summed E-state index contributed by atoms with van der Waals surface area (Å²) in [4.78, 5) is 26.9. The molecule has 168 valence electrons. The summed E-state index contributed by atoms with van der Waals surface area (Å²) in [5.41, 5.74) is 4.44. The lowest BCUT2D eigenvalue weighted by molar-refractivity contribution is -0.119. The van der Waals surface area contributed by atoms with Crippen molar-refractivity contribution in [3.63, 3.8) is 0 Å². The molecule has 33 heavy (non-hydrogen) atoms. The molecule has 6 nitrogen and oxygen atoms in total. The van der Waals surface area contributed by atoms with Gasteiger partial charge in [0.1, 0.15) is 5.82 Å². The number of amides is 1. The smallest absolute Gasteiger partial charge is 0.265 e. The topological polar surface area (TPSA) is 63.9 Å². The third-order valence-electron chi connectivity index (χ3n) is 6.14. The second-order valence-corrected chi connectivity index (χ2v) is 8.19. The van der Waals surface area contributed by atoms with E-state index in [0.29, 0.717) is 36.1 Å². The SMILES string of the molecule is CCc1nc(-c2cccc3nc(-c4ccc(C)nc4)c(C(F)F)cc23)c2n1CCN(C=O)C2. The zero-order valence-corrected chi connectivity index (χ0v) is 18.4. The number of aryl methyl sites for hydroxylation is 2. The molecule has 0 radical (unpaired) electrons. The number of alkyl halides is 2. The van der Waals surface area contributed by atoms with Crippen molar-refractivity contribution in [3.8, 4) is 22.5 Å². The van der Waals surface area contributed by atoms with Gasteiger partial charge in [-0.2, -0.15) is 0 Å². The Hall–Kier alpha value is -3.68. The molecule has 0 saturated heterocycles. The summed E-state index contributed by atoms with van der Waals surface area (Å²) in [6.07, 6.45) is 0.461. The first-order valence-corrected chi connectivity index (χ1v) is 10.9. The van der Waals surface area contributed by atoms with Gasteiger partial charge in [-0.15, -0.1) is 0 Å². The van der Waals surface area contributed by atoms with Crippen LogP contribution in [0.15, 0.2) is 42.6 Å². The zero-order chi connectivity index (χ0) is 23.1. The van der Waals surface area contributed by atoms with E-state index in [1.54, 1.807) is 23.2 Å². The minimum atomic E-state index is -2.70. The van der Waals surface area contributed by atoms with Gasteiger partial charge in [0, 0.05) is 53.5 Å². The summed E-state index contributed by atoms with van der Waals surface area (Å²) in [6, 6.07) is 10.6.